The third kappa shape index (κ3) is 2.31. The molecule has 0 aliphatic carbocycles. The predicted octanol–water partition coefficient (Wildman–Crippen LogP) is 1.56. The molecule has 2 aliphatic heterocycles. The van der Waals surface area contributed by atoms with Crippen LogP contribution in [-0.4, -0.2) is 34.6 Å². The predicted molar refractivity (Wildman–Crippen MR) is 72.3 cm³/mol. The first-order valence-electron chi connectivity index (χ1n) is 7.23. The molecule has 4 nitrogen and oxygen atoms in total. The van der Waals surface area contributed by atoms with E-state index in [0.717, 1.165) is 25.2 Å². The van der Waals surface area contributed by atoms with Crippen LogP contribution in [0.4, 0.5) is 0 Å². The van der Waals surface area contributed by atoms with E-state index >= 15 is 0 Å². The van der Waals surface area contributed by atoms with Crippen LogP contribution in [0.1, 0.15) is 43.4 Å². The van der Waals surface area contributed by atoms with Crippen molar-refractivity contribution in [1.82, 2.24) is 14.5 Å². The van der Waals surface area contributed by atoms with Gasteiger partial charge in [0, 0.05) is 24.9 Å². The third-order valence-corrected chi connectivity index (χ3v) is 4.41. The van der Waals surface area contributed by atoms with Crippen LogP contribution in [0.3, 0.4) is 0 Å². The molecule has 2 N–H and O–H groups in total. The Kier molecular flexibility index (Phi) is 3.39. The van der Waals surface area contributed by atoms with Gasteiger partial charge in [-0.1, -0.05) is 0 Å². The molecule has 1 aromatic heterocycles. The van der Waals surface area contributed by atoms with Gasteiger partial charge >= 0.3 is 0 Å². The number of piperidine rings is 1. The van der Waals surface area contributed by atoms with Crippen LogP contribution < -0.4 is 5.73 Å². The number of imidazole rings is 1. The maximum Gasteiger partial charge on any atom is 0.110 e. The lowest BCUT2D eigenvalue weighted by Crippen LogP contribution is -2.34. The van der Waals surface area contributed by atoms with Crippen molar-refractivity contribution in [2.45, 2.75) is 44.7 Å². The number of nitrogens with zero attached hydrogens (tertiary/aromatic N) is 3. The second-order valence-electron chi connectivity index (χ2n) is 5.97. The first-order valence-corrected chi connectivity index (χ1v) is 7.23. The summed E-state index contributed by atoms with van der Waals surface area (Å²) in [5.74, 6) is 1.97. The zero-order valence-electron chi connectivity index (χ0n) is 11.3. The minimum Gasteiger partial charge on any atom is -0.316 e. The first kappa shape index (κ1) is 12.2. The number of aromatic nitrogens is 2. The number of aryl methyl sites for hydroxylation is 1. The number of nitrogens with two attached hydrogens (primary N) is 1. The average Bonchev–Trinajstić information content (AvgIpc) is 2.74. The summed E-state index contributed by atoms with van der Waals surface area (Å²) in [5, 5.41) is 0. The van der Waals surface area contributed by atoms with Crippen molar-refractivity contribution in [3.63, 3.8) is 0 Å². The lowest BCUT2D eigenvalue weighted by Gasteiger charge is -2.30. The quantitative estimate of drug-likeness (QED) is 0.864. The molecule has 2 aliphatic rings. The van der Waals surface area contributed by atoms with Gasteiger partial charge in [0.2, 0.25) is 0 Å². The lowest BCUT2D eigenvalue weighted by atomic mass is 9.94. The fourth-order valence-electron chi connectivity index (χ4n) is 3.50. The zero-order chi connectivity index (χ0) is 12.5. The van der Waals surface area contributed by atoms with Gasteiger partial charge < -0.3 is 15.2 Å². The Bertz CT molecular complexity index is 412. The van der Waals surface area contributed by atoms with Gasteiger partial charge in [-0.25, -0.2) is 4.98 Å². The molecule has 0 saturated carbocycles. The lowest BCUT2D eigenvalue weighted by molar-refractivity contribution is 0.205. The molecule has 100 valence electrons. The zero-order valence-corrected chi connectivity index (χ0v) is 11.3. The summed E-state index contributed by atoms with van der Waals surface area (Å²) in [5.41, 5.74) is 7.58. The third-order valence-electron chi connectivity index (χ3n) is 4.41. The highest BCUT2D eigenvalue weighted by Crippen LogP contribution is 2.26. The van der Waals surface area contributed by atoms with Gasteiger partial charge in [0.25, 0.3) is 0 Å². The molecule has 2 unspecified atom stereocenters. The Morgan fingerprint density at radius 3 is 3.11 bits per heavy atom. The number of fused-ring (bicyclic) bond motifs is 1. The Morgan fingerprint density at radius 1 is 1.39 bits per heavy atom. The van der Waals surface area contributed by atoms with E-state index in [1.165, 1.54) is 43.9 Å². The van der Waals surface area contributed by atoms with Gasteiger partial charge in [0.1, 0.15) is 5.82 Å². The van der Waals surface area contributed by atoms with Crippen LogP contribution in [0.2, 0.25) is 0 Å². The molecule has 1 saturated heterocycles. The first-order chi connectivity index (χ1) is 8.74. The molecule has 0 bridgehead atoms. The molecule has 0 spiro atoms. The molecule has 0 aromatic carbocycles. The van der Waals surface area contributed by atoms with Crippen LogP contribution in [0.15, 0.2) is 6.20 Å². The van der Waals surface area contributed by atoms with E-state index in [1.807, 2.05) is 6.20 Å². The molecule has 0 amide bonds. The largest absolute Gasteiger partial charge is 0.316 e. The summed E-state index contributed by atoms with van der Waals surface area (Å²) in [6.07, 6.45) is 9.40. The molecule has 18 heavy (non-hydrogen) atoms. The summed E-state index contributed by atoms with van der Waals surface area (Å²) in [4.78, 5) is 7.07. The van der Waals surface area contributed by atoms with Crippen LogP contribution in [-0.2, 0) is 12.8 Å². The molecular formula is C14H24N4. The molecule has 1 aromatic rings. The molecule has 1 fully saturated rings. The fourth-order valence-corrected chi connectivity index (χ4v) is 3.50. The fraction of sp³-hybridized carbons (Fsp3) is 0.786. The van der Waals surface area contributed by atoms with E-state index in [4.69, 9.17) is 5.73 Å². The normalized spacial score (nSPS) is 29.2. The van der Waals surface area contributed by atoms with E-state index in [0.29, 0.717) is 0 Å². The molecule has 2 atom stereocenters. The molecular weight excluding hydrogens is 224 g/mol. The van der Waals surface area contributed by atoms with Gasteiger partial charge in [0.05, 0.1) is 6.17 Å². The Hall–Kier alpha value is -0.870. The SMILES string of the molecule is CN1CCCC(Cc2ncc3n2C(N)CCC3)C1. The molecule has 3 rings (SSSR count). The monoisotopic (exact) mass is 248 g/mol. The van der Waals surface area contributed by atoms with Crippen molar-refractivity contribution >= 4 is 0 Å². The molecule has 0 radical (unpaired) electrons. The highest BCUT2D eigenvalue weighted by molar-refractivity contribution is 5.10. The summed E-state index contributed by atoms with van der Waals surface area (Å²) in [6, 6.07) is 0. The van der Waals surface area contributed by atoms with Crippen molar-refractivity contribution in [2.75, 3.05) is 20.1 Å². The summed E-state index contributed by atoms with van der Waals surface area (Å²) in [6.45, 7) is 2.45. The smallest absolute Gasteiger partial charge is 0.110 e. The number of hydrogen-bond donors (Lipinski definition) is 1. The van der Waals surface area contributed by atoms with Crippen molar-refractivity contribution < 1.29 is 0 Å². The topological polar surface area (TPSA) is 47.1 Å². The maximum absolute atomic E-state index is 6.24. The van der Waals surface area contributed by atoms with Gasteiger partial charge in [-0.15, -0.1) is 0 Å². The highest BCUT2D eigenvalue weighted by Gasteiger charge is 2.24. The summed E-state index contributed by atoms with van der Waals surface area (Å²) in [7, 11) is 2.22. The number of hydrogen-bond acceptors (Lipinski definition) is 3. The van der Waals surface area contributed by atoms with Crippen molar-refractivity contribution in [3.8, 4) is 0 Å². The van der Waals surface area contributed by atoms with Crippen LogP contribution in [0.25, 0.3) is 0 Å². The standard InChI is InChI=1S/C14H24N4/c1-17-7-3-4-11(10-17)8-14-16-9-12-5-2-6-13(15)18(12)14/h9,11,13H,2-8,10,15H2,1H3. The molecule has 4 heteroatoms. The minimum atomic E-state index is 0.160. The average molecular weight is 248 g/mol. The summed E-state index contributed by atoms with van der Waals surface area (Å²) >= 11 is 0. The van der Waals surface area contributed by atoms with Crippen molar-refractivity contribution in [1.29, 1.82) is 0 Å². The minimum absolute atomic E-state index is 0.160. The Balaban J connectivity index is 1.75. The van der Waals surface area contributed by atoms with E-state index in [2.05, 4.69) is 21.5 Å². The second kappa shape index (κ2) is 5.02. The maximum atomic E-state index is 6.24. The summed E-state index contributed by atoms with van der Waals surface area (Å²) < 4.78 is 2.30. The van der Waals surface area contributed by atoms with Gasteiger partial charge in [0.15, 0.2) is 0 Å². The van der Waals surface area contributed by atoms with E-state index in [1.54, 1.807) is 0 Å². The van der Waals surface area contributed by atoms with Crippen LogP contribution >= 0.6 is 0 Å². The van der Waals surface area contributed by atoms with Crippen LogP contribution in [0.5, 0.6) is 0 Å². The van der Waals surface area contributed by atoms with Gasteiger partial charge in [-0.05, 0) is 51.6 Å². The van der Waals surface area contributed by atoms with Gasteiger partial charge in [-0.3, -0.25) is 0 Å². The van der Waals surface area contributed by atoms with Crippen LogP contribution in [0, 0.1) is 5.92 Å². The van der Waals surface area contributed by atoms with Crippen molar-refractivity contribution in [3.05, 3.63) is 17.7 Å². The van der Waals surface area contributed by atoms with E-state index in [9.17, 15) is 0 Å². The number of likely N-dealkylation sites (tertiary alicyclic amines) is 1. The Labute approximate surface area is 109 Å². The molecule has 3 heterocycles. The number of rotatable bonds is 2. The van der Waals surface area contributed by atoms with E-state index < -0.39 is 0 Å². The van der Waals surface area contributed by atoms with E-state index in [-0.39, 0.29) is 6.17 Å². The second-order valence-corrected chi connectivity index (χ2v) is 5.97. The Morgan fingerprint density at radius 2 is 2.28 bits per heavy atom. The van der Waals surface area contributed by atoms with Gasteiger partial charge in [-0.2, -0.15) is 0 Å². The highest BCUT2D eigenvalue weighted by atomic mass is 15.2. The van der Waals surface area contributed by atoms with Crippen molar-refractivity contribution in [2.24, 2.45) is 11.7 Å².